The molecule has 0 atom stereocenters. The molecule has 2 aromatic heterocycles. The lowest BCUT2D eigenvalue weighted by Crippen LogP contribution is -2.33. The molecule has 3 aromatic rings. The molecule has 8 heteroatoms. The second kappa shape index (κ2) is 8.51. The molecule has 0 saturated heterocycles. The zero-order valence-corrected chi connectivity index (χ0v) is 16.0. The van der Waals surface area contributed by atoms with Crippen LogP contribution >= 0.6 is 0 Å². The number of hydrogen-bond donors (Lipinski definition) is 2. The molecule has 0 spiro atoms. The Morgan fingerprint density at radius 2 is 1.86 bits per heavy atom. The number of nitrogens with zero attached hydrogens (tertiary/aromatic N) is 2. The van der Waals surface area contributed by atoms with Gasteiger partial charge in [-0.25, -0.2) is 0 Å². The lowest BCUT2D eigenvalue weighted by Gasteiger charge is -2.13. The van der Waals surface area contributed by atoms with E-state index >= 15 is 0 Å². The predicted molar refractivity (Wildman–Crippen MR) is 103 cm³/mol. The minimum Gasteiger partial charge on any atom is -0.461 e. The second-order valence-electron chi connectivity index (χ2n) is 6.59. The molecule has 2 heterocycles. The number of rotatable bonds is 7. The van der Waals surface area contributed by atoms with Crippen LogP contribution in [0, 0.1) is 20.8 Å². The second-order valence-corrected chi connectivity index (χ2v) is 6.59. The van der Waals surface area contributed by atoms with Gasteiger partial charge in [0.15, 0.2) is 5.76 Å². The molecule has 146 valence electrons. The minimum absolute atomic E-state index is 0.104. The minimum atomic E-state index is -0.277. The van der Waals surface area contributed by atoms with Gasteiger partial charge in [0.2, 0.25) is 23.5 Å². The van der Waals surface area contributed by atoms with E-state index in [1.165, 1.54) is 6.26 Å². The number of aryl methyl sites for hydroxylation is 4. The van der Waals surface area contributed by atoms with Crippen molar-refractivity contribution in [2.45, 2.75) is 33.6 Å². The lowest BCUT2D eigenvalue weighted by molar-refractivity contribution is -0.124. The topological polar surface area (TPSA) is 110 Å². The number of nitrogens with one attached hydrogen (secondary N) is 2. The number of carbonyl (C=O) groups is 2. The van der Waals surface area contributed by atoms with Gasteiger partial charge in [-0.1, -0.05) is 22.9 Å². The summed E-state index contributed by atoms with van der Waals surface area (Å²) >= 11 is 0. The molecule has 0 radical (unpaired) electrons. The number of benzene rings is 1. The fourth-order valence-corrected chi connectivity index (χ4v) is 2.91. The van der Waals surface area contributed by atoms with E-state index in [1.807, 2.05) is 32.9 Å². The van der Waals surface area contributed by atoms with Crippen molar-refractivity contribution in [3.8, 4) is 11.6 Å². The molecule has 0 aliphatic rings. The Kier molecular flexibility index (Phi) is 5.88. The average Bonchev–Trinajstić information content (AvgIpc) is 3.32. The summed E-state index contributed by atoms with van der Waals surface area (Å²) < 4.78 is 10.3. The number of carbonyl (C=O) groups excluding carboxylic acids is 2. The molecule has 0 unspecified atom stereocenters. The number of aromatic nitrogens is 2. The van der Waals surface area contributed by atoms with Crippen molar-refractivity contribution >= 4 is 17.5 Å². The van der Waals surface area contributed by atoms with Gasteiger partial charge >= 0.3 is 0 Å². The highest BCUT2D eigenvalue weighted by atomic mass is 16.5. The van der Waals surface area contributed by atoms with E-state index in [0.717, 1.165) is 22.4 Å². The Morgan fingerprint density at radius 1 is 1.11 bits per heavy atom. The third-order valence-corrected chi connectivity index (χ3v) is 4.16. The standard InChI is InChI=1S/C20H22N4O4/c1-12-9-13(2)19(14(3)10-12)22-17(26)11-21-16(25)6-7-18-23-20(24-28-18)15-5-4-8-27-15/h4-5,8-10H,6-7,11H2,1-3H3,(H,21,25)(H,22,26). The van der Waals surface area contributed by atoms with Crippen LogP contribution in [-0.2, 0) is 16.0 Å². The van der Waals surface area contributed by atoms with Crippen LogP contribution in [0.3, 0.4) is 0 Å². The molecule has 1 aromatic carbocycles. The normalized spacial score (nSPS) is 10.7. The van der Waals surface area contributed by atoms with Crippen LogP contribution in [0.25, 0.3) is 11.6 Å². The van der Waals surface area contributed by atoms with E-state index in [9.17, 15) is 9.59 Å². The van der Waals surface area contributed by atoms with Crippen molar-refractivity contribution in [1.29, 1.82) is 0 Å². The van der Waals surface area contributed by atoms with Gasteiger partial charge in [0, 0.05) is 18.5 Å². The van der Waals surface area contributed by atoms with E-state index < -0.39 is 0 Å². The summed E-state index contributed by atoms with van der Waals surface area (Å²) in [6, 6.07) is 7.45. The van der Waals surface area contributed by atoms with Gasteiger partial charge in [0.1, 0.15) is 0 Å². The maximum Gasteiger partial charge on any atom is 0.243 e. The molecule has 8 nitrogen and oxygen atoms in total. The van der Waals surface area contributed by atoms with E-state index in [1.54, 1.807) is 12.1 Å². The highest BCUT2D eigenvalue weighted by Crippen LogP contribution is 2.21. The first kappa shape index (κ1) is 19.3. The zero-order valence-electron chi connectivity index (χ0n) is 16.0. The molecule has 0 fully saturated rings. The van der Waals surface area contributed by atoms with Gasteiger partial charge in [-0.15, -0.1) is 0 Å². The summed E-state index contributed by atoms with van der Waals surface area (Å²) in [5.41, 5.74) is 3.89. The molecule has 0 aliphatic heterocycles. The molecule has 3 rings (SSSR count). The first-order valence-electron chi connectivity index (χ1n) is 8.93. The van der Waals surface area contributed by atoms with E-state index in [2.05, 4.69) is 20.8 Å². The van der Waals surface area contributed by atoms with Crippen LogP contribution in [0.4, 0.5) is 5.69 Å². The summed E-state index contributed by atoms with van der Waals surface area (Å²) in [6.45, 7) is 5.78. The Bertz CT molecular complexity index is 953. The van der Waals surface area contributed by atoms with Crippen LogP contribution in [0.5, 0.6) is 0 Å². The van der Waals surface area contributed by atoms with Crippen molar-refractivity contribution in [2.24, 2.45) is 0 Å². The molecular formula is C20H22N4O4. The van der Waals surface area contributed by atoms with Crippen molar-refractivity contribution < 1.29 is 18.5 Å². The van der Waals surface area contributed by atoms with Gasteiger partial charge < -0.3 is 19.6 Å². The third-order valence-electron chi connectivity index (χ3n) is 4.16. The molecule has 0 saturated carbocycles. The van der Waals surface area contributed by atoms with Gasteiger partial charge in [-0.2, -0.15) is 4.98 Å². The van der Waals surface area contributed by atoms with Gasteiger partial charge in [0.05, 0.1) is 12.8 Å². The Morgan fingerprint density at radius 3 is 2.54 bits per heavy atom. The molecule has 2 N–H and O–H groups in total. The molecule has 28 heavy (non-hydrogen) atoms. The lowest BCUT2D eigenvalue weighted by atomic mass is 10.1. The maximum absolute atomic E-state index is 12.1. The van der Waals surface area contributed by atoms with Crippen LogP contribution in [-0.4, -0.2) is 28.5 Å². The van der Waals surface area contributed by atoms with Gasteiger partial charge in [0.25, 0.3) is 0 Å². The summed E-state index contributed by atoms with van der Waals surface area (Å²) in [4.78, 5) is 28.3. The fourth-order valence-electron chi connectivity index (χ4n) is 2.91. The van der Waals surface area contributed by atoms with E-state index in [4.69, 9.17) is 8.94 Å². The summed E-state index contributed by atoms with van der Waals surface area (Å²) in [6.07, 6.45) is 1.93. The van der Waals surface area contributed by atoms with Crippen LogP contribution in [0.1, 0.15) is 29.0 Å². The van der Waals surface area contributed by atoms with Crippen LogP contribution < -0.4 is 10.6 Å². The highest BCUT2D eigenvalue weighted by molar-refractivity contribution is 5.95. The first-order valence-corrected chi connectivity index (χ1v) is 8.93. The maximum atomic E-state index is 12.1. The third kappa shape index (κ3) is 4.85. The number of anilines is 1. The Labute approximate surface area is 162 Å². The smallest absolute Gasteiger partial charge is 0.243 e. The first-order chi connectivity index (χ1) is 13.4. The quantitative estimate of drug-likeness (QED) is 0.650. The molecular weight excluding hydrogens is 360 g/mol. The molecule has 0 aliphatic carbocycles. The van der Waals surface area contributed by atoms with Crippen LogP contribution in [0.15, 0.2) is 39.5 Å². The molecule has 0 bridgehead atoms. The monoisotopic (exact) mass is 382 g/mol. The average molecular weight is 382 g/mol. The van der Waals surface area contributed by atoms with Crippen molar-refractivity contribution in [3.63, 3.8) is 0 Å². The molecule has 2 amide bonds. The Hall–Kier alpha value is -3.42. The number of hydrogen-bond acceptors (Lipinski definition) is 6. The van der Waals surface area contributed by atoms with Crippen LogP contribution in [0.2, 0.25) is 0 Å². The van der Waals surface area contributed by atoms with Crippen molar-refractivity contribution in [3.05, 3.63) is 53.1 Å². The number of furan rings is 1. The zero-order chi connectivity index (χ0) is 20.1. The highest BCUT2D eigenvalue weighted by Gasteiger charge is 2.13. The van der Waals surface area contributed by atoms with E-state index in [0.29, 0.717) is 17.5 Å². The largest absolute Gasteiger partial charge is 0.461 e. The van der Waals surface area contributed by atoms with Crippen molar-refractivity contribution in [1.82, 2.24) is 15.5 Å². The number of amides is 2. The summed E-state index contributed by atoms with van der Waals surface area (Å²) in [5.74, 6) is 0.616. The SMILES string of the molecule is Cc1cc(C)c(NC(=O)CNC(=O)CCc2nc(-c3ccco3)no2)c(C)c1. The summed E-state index contributed by atoms with van der Waals surface area (Å²) in [7, 11) is 0. The summed E-state index contributed by atoms with van der Waals surface area (Å²) in [5, 5.41) is 9.25. The van der Waals surface area contributed by atoms with Gasteiger partial charge in [-0.05, 0) is 44.0 Å². The van der Waals surface area contributed by atoms with E-state index in [-0.39, 0.29) is 31.2 Å². The van der Waals surface area contributed by atoms with Crippen molar-refractivity contribution in [2.75, 3.05) is 11.9 Å². The predicted octanol–water partition coefficient (Wildman–Crippen LogP) is 2.94. The Balaban J connectivity index is 1.45. The van der Waals surface area contributed by atoms with Gasteiger partial charge in [-0.3, -0.25) is 9.59 Å². The fraction of sp³-hybridized carbons (Fsp3) is 0.300.